The van der Waals surface area contributed by atoms with Crippen molar-refractivity contribution in [2.45, 2.75) is 27.7 Å². The van der Waals surface area contributed by atoms with Crippen molar-refractivity contribution < 1.29 is 0 Å². The molecular weight excluding hydrogens is 192 g/mol. The summed E-state index contributed by atoms with van der Waals surface area (Å²) in [4.78, 5) is 0. The van der Waals surface area contributed by atoms with Gasteiger partial charge in [0.1, 0.15) is 0 Å². The molecule has 0 rings (SSSR count). The van der Waals surface area contributed by atoms with Crippen LogP contribution >= 0.6 is 0 Å². The van der Waals surface area contributed by atoms with Gasteiger partial charge in [-0.2, -0.15) is 0 Å². The highest BCUT2D eigenvalue weighted by molar-refractivity contribution is 8.48. The van der Waals surface area contributed by atoms with E-state index in [0.29, 0.717) is 9.45 Å². The lowest BCUT2D eigenvalue weighted by Crippen LogP contribution is -2.11. The van der Waals surface area contributed by atoms with E-state index < -0.39 is 0 Å². The highest BCUT2D eigenvalue weighted by Crippen LogP contribution is 2.02. The molecule has 0 aromatic heterocycles. The lowest BCUT2D eigenvalue weighted by atomic mass is 10.3. The van der Waals surface area contributed by atoms with Crippen molar-refractivity contribution >= 4 is 29.5 Å². The maximum atomic E-state index is 5.04. The molecule has 0 spiro atoms. The van der Waals surface area contributed by atoms with Gasteiger partial charge in [-0.15, -0.1) is 9.45 Å². The summed E-state index contributed by atoms with van der Waals surface area (Å²) in [5.74, 6) is 4.19. The molecule has 0 fully saturated rings. The van der Waals surface area contributed by atoms with Gasteiger partial charge in [0, 0.05) is 11.5 Å². The summed E-state index contributed by atoms with van der Waals surface area (Å²) in [6, 6.07) is 0. The van der Waals surface area contributed by atoms with Crippen LogP contribution in [-0.2, 0) is 29.5 Å². The molecule has 0 aliphatic carbocycles. The number of rotatable bonds is 4. The summed E-state index contributed by atoms with van der Waals surface area (Å²) >= 11 is 5.04. The van der Waals surface area contributed by atoms with Gasteiger partial charge in [0.2, 0.25) is 0 Å². The molecule has 0 bridgehead atoms. The first-order valence-electron chi connectivity index (χ1n) is 4.04. The zero-order valence-electron chi connectivity index (χ0n) is 7.79. The third-order valence-electron chi connectivity index (χ3n) is 1.13. The van der Waals surface area contributed by atoms with E-state index in [9.17, 15) is 0 Å². The Hall–Kier alpha value is 0.790. The summed E-state index contributed by atoms with van der Waals surface area (Å²) in [7, 11) is 2.08. The minimum absolute atomic E-state index is 0.440. The average molecular weight is 210 g/mol. The van der Waals surface area contributed by atoms with Crippen molar-refractivity contribution in [3.05, 3.63) is 0 Å². The Bertz CT molecular complexity index is 143. The Labute approximate surface area is 80.6 Å². The second kappa shape index (κ2) is 6.32. The summed E-state index contributed by atoms with van der Waals surface area (Å²) in [6.45, 7) is 9.08. The summed E-state index contributed by atoms with van der Waals surface area (Å²) in [6.07, 6.45) is 0. The van der Waals surface area contributed by atoms with Gasteiger partial charge in [0.25, 0.3) is 0 Å². The second-order valence-corrected chi connectivity index (χ2v) is 8.36. The standard InChI is InChI=1S/C8H18S3/c1-7(2)5-11(10-9)6-8(3)4/h7-8H,5-6H2,1-4H3. The maximum absolute atomic E-state index is 5.04. The van der Waals surface area contributed by atoms with Crippen LogP contribution in [0.15, 0.2) is 0 Å². The first-order valence-corrected chi connectivity index (χ1v) is 7.86. The van der Waals surface area contributed by atoms with Gasteiger partial charge in [0.05, 0.1) is 0 Å². The van der Waals surface area contributed by atoms with Crippen molar-refractivity contribution in [1.82, 2.24) is 0 Å². The first-order chi connectivity index (χ1) is 5.06. The van der Waals surface area contributed by atoms with Crippen LogP contribution in [0.25, 0.3) is 0 Å². The molecule has 0 atom stereocenters. The maximum Gasteiger partial charge on any atom is 0.000247 e. The molecule has 0 aliphatic heterocycles. The van der Waals surface area contributed by atoms with E-state index in [1.54, 1.807) is 8.88 Å². The predicted molar refractivity (Wildman–Crippen MR) is 61.5 cm³/mol. The van der Waals surface area contributed by atoms with E-state index in [1.807, 2.05) is 0 Å². The van der Waals surface area contributed by atoms with E-state index in [-0.39, 0.29) is 0 Å². The fourth-order valence-electron chi connectivity index (χ4n) is 0.867. The molecule has 0 aromatic rings. The number of hydrogen-bond donors (Lipinski definition) is 0. The molecule has 0 N–H and O–H groups in total. The van der Waals surface area contributed by atoms with Crippen molar-refractivity contribution in [2.75, 3.05) is 11.5 Å². The molecule has 0 saturated heterocycles. The highest BCUT2D eigenvalue weighted by Gasteiger charge is 2.01. The summed E-state index contributed by atoms with van der Waals surface area (Å²) in [5.41, 5.74) is 0. The molecule has 68 valence electrons. The fraction of sp³-hybridized carbons (Fsp3) is 1.00. The highest BCUT2D eigenvalue weighted by atomic mass is 33.1. The van der Waals surface area contributed by atoms with Crippen LogP contribution < -0.4 is 0 Å². The third kappa shape index (κ3) is 7.16. The normalized spacial score (nSPS) is 11.5. The van der Waals surface area contributed by atoms with Crippen LogP contribution in [0.2, 0.25) is 0 Å². The molecule has 11 heavy (non-hydrogen) atoms. The van der Waals surface area contributed by atoms with Crippen molar-refractivity contribution in [3.63, 3.8) is 0 Å². The molecule has 0 aliphatic rings. The van der Waals surface area contributed by atoms with Gasteiger partial charge in [0.15, 0.2) is 0 Å². The second-order valence-electron chi connectivity index (χ2n) is 3.63. The average Bonchev–Trinajstić information content (AvgIpc) is 1.84. The van der Waals surface area contributed by atoms with Crippen LogP contribution in [0.4, 0.5) is 0 Å². The van der Waals surface area contributed by atoms with Gasteiger partial charge in [-0.25, -0.2) is 0 Å². The molecule has 0 aromatic carbocycles. The van der Waals surface area contributed by atoms with Crippen molar-refractivity contribution in [3.8, 4) is 0 Å². The van der Waals surface area contributed by atoms with Crippen molar-refractivity contribution in [1.29, 1.82) is 0 Å². The molecule has 3 heteroatoms. The van der Waals surface area contributed by atoms with Crippen LogP contribution in [0.1, 0.15) is 27.7 Å². The SMILES string of the molecule is CC(C)CS(CC(C)C)=S=S. The first kappa shape index (κ1) is 11.8. The largest absolute Gasteiger partial charge is 0.121 e. The topological polar surface area (TPSA) is 0 Å². The van der Waals surface area contributed by atoms with E-state index in [2.05, 4.69) is 27.7 Å². The van der Waals surface area contributed by atoms with Crippen LogP contribution in [0.3, 0.4) is 0 Å². The minimum atomic E-state index is 0.440. The Balaban J connectivity index is 3.89. The lowest BCUT2D eigenvalue weighted by molar-refractivity contribution is 0.728. The molecule has 0 nitrogen and oxygen atoms in total. The zero-order valence-corrected chi connectivity index (χ0v) is 10.2. The summed E-state index contributed by atoms with van der Waals surface area (Å²) in [5, 5.41) is 0. The van der Waals surface area contributed by atoms with E-state index in [0.717, 1.165) is 11.8 Å². The Morgan fingerprint density at radius 2 is 1.45 bits per heavy atom. The Morgan fingerprint density at radius 1 is 1.09 bits per heavy atom. The van der Waals surface area contributed by atoms with Gasteiger partial charge >= 0.3 is 0 Å². The zero-order chi connectivity index (χ0) is 8.85. The number of hydrogen-bond acceptors (Lipinski definition) is 1. The predicted octanol–water partition coefficient (Wildman–Crippen LogP) is 2.38. The van der Waals surface area contributed by atoms with Gasteiger partial charge in [-0.05, 0) is 31.9 Å². The molecule has 0 unspecified atom stereocenters. The molecule has 0 heterocycles. The van der Waals surface area contributed by atoms with Crippen LogP contribution in [-0.4, -0.2) is 11.5 Å². The van der Waals surface area contributed by atoms with Crippen molar-refractivity contribution in [2.24, 2.45) is 11.8 Å². The van der Waals surface area contributed by atoms with Crippen LogP contribution in [0, 0.1) is 11.8 Å². The molecular formula is C8H18S3. The lowest BCUT2D eigenvalue weighted by Gasteiger charge is -2.10. The molecule has 0 saturated carbocycles. The third-order valence-corrected chi connectivity index (χ3v) is 6.53. The van der Waals surface area contributed by atoms with E-state index in [4.69, 9.17) is 11.2 Å². The van der Waals surface area contributed by atoms with Gasteiger partial charge in [-0.3, -0.25) is 0 Å². The summed E-state index contributed by atoms with van der Waals surface area (Å²) < 4.78 is 0. The molecule has 0 amide bonds. The fourth-order valence-corrected chi connectivity index (χ4v) is 5.57. The van der Waals surface area contributed by atoms with E-state index in [1.165, 1.54) is 11.5 Å². The van der Waals surface area contributed by atoms with Gasteiger partial charge in [-0.1, -0.05) is 27.7 Å². The Kier molecular flexibility index (Phi) is 6.78. The van der Waals surface area contributed by atoms with Gasteiger partial charge < -0.3 is 0 Å². The van der Waals surface area contributed by atoms with E-state index >= 15 is 0 Å². The monoisotopic (exact) mass is 210 g/mol. The smallest absolute Gasteiger partial charge is 0.000247 e. The van der Waals surface area contributed by atoms with Crippen LogP contribution in [0.5, 0.6) is 0 Å². The quantitative estimate of drug-likeness (QED) is 0.686. The molecule has 0 radical (unpaired) electrons. The Morgan fingerprint density at radius 3 is 1.64 bits per heavy atom. The minimum Gasteiger partial charge on any atom is -0.121 e.